The lowest BCUT2D eigenvalue weighted by atomic mass is 9.90. The van der Waals surface area contributed by atoms with E-state index in [1.807, 2.05) is 24.5 Å². The Morgan fingerprint density at radius 1 is 1.21 bits per heavy atom. The maximum atomic E-state index is 12.6. The Labute approximate surface area is 142 Å². The number of hydrogen-bond donors (Lipinski definition) is 3. The molecule has 2 aliphatic rings. The van der Waals surface area contributed by atoms with E-state index in [-0.39, 0.29) is 11.9 Å². The van der Waals surface area contributed by atoms with Crippen LogP contribution in [-0.2, 0) is 11.3 Å². The van der Waals surface area contributed by atoms with Crippen molar-refractivity contribution < 1.29 is 4.79 Å². The predicted molar refractivity (Wildman–Crippen MR) is 93.2 cm³/mol. The Kier molecular flexibility index (Phi) is 4.49. The van der Waals surface area contributed by atoms with Gasteiger partial charge in [-0.15, -0.1) is 0 Å². The van der Waals surface area contributed by atoms with Crippen LogP contribution < -0.4 is 16.2 Å². The summed E-state index contributed by atoms with van der Waals surface area (Å²) < 4.78 is 2.09. The van der Waals surface area contributed by atoms with Crippen molar-refractivity contribution in [3.05, 3.63) is 30.6 Å². The summed E-state index contributed by atoms with van der Waals surface area (Å²) in [5.74, 6) is 0.530. The second-order valence-corrected chi connectivity index (χ2v) is 6.89. The highest BCUT2D eigenvalue weighted by molar-refractivity contribution is 5.82. The quantitative estimate of drug-likeness (QED) is 0.797. The molecule has 3 unspecified atom stereocenters. The average molecular weight is 327 g/mol. The van der Waals surface area contributed by atoms with Crippen LogP contribution in [0, 0.1) is 5.92 Å². The molecule has 2 heterocycles. The van der Waals surface area contributed by atoms with Crippen molar-refractivity contribution >= 4 is 16.9 Å². The molecule has 128 valence electrons. The maximum Gasteiger partial charge on any atom is 0.238 e. The molecule has 6 nitrogen and oxygen atoms in total. The molecule has 24 heavy (non-hydrogen) atoms. The molecule has 1 aliphatic heterocycles. The van der Waals surface area contributed by atoms with E-state index >= 15 is 0 Å². The monoisotopic (exact) mass is 327 g/mol. The van der Waals surface area contributed by atoms with Crippen molar-refractivity contribution in [2.24, 2.45) is 5.92 Å². The van der Waals surface area contributed by atoms with Gasteiger partial charge in [0, 0.05) is 25.0 Å². The number of aromatic nitrogens is 2. The molecular formula is C18H25N5O. The van der Waals surface area contributed by atoms with Crippen molar-refractivity contribution in [3.63, 3.8) is 0 Å². The zero-order valence-electron chi connectivity index (χ0n) is 13.9. The van der Waals surface area contributed by atoms with Crippen LogP contribution in [-0.4, -0.2) is 34.1 Å². The zero-order chi connectivity index (χ0) is 16.4. The van der Waals surface area contributed by atoms with Gasteiger partial charge in [-0.2, -0.15) is 0 Å². The predicted octanol–water partition coefficient (Wildman–Crippen LogP) is 1.58. The van der Waals surface area contributed by atoms with Gasteiger partial charge in [-0.05, 0) is 25.0 Å². The largest absolute Gasteiger partial charge is 0.353 e. The van der Waals surface area contributed by atoms with Gasteiger partial charge in [0.15, 0.2) is 0 Å². The lowest BCUT2D eigenvalue weighted by molar-refractivity contribution is -0.123. The summed E-state index contributed by atoms with van der Waals surface area (Å²) in [4.78, 5) is 17.0. The number of carbonyl (C=O) groups excluding carboxylic acids is 1. The molecule has 1 aromatic heterocycles. The number of fused-ring (bicyclic) bond motifs is 2. The number of nitrogens with one attached hydrogen (secondary N) is 3. The molecule has 0 spiro atoms. The minimum absolute atomic E-state index is 0.104. The van der Waals surface area contributed by atoms with Gasteiger partial charge in [0.2, 0.25) is 5.91 Å². The Morgan fingerprint density at radius 2 is 2.08 bits per heavy atom. The van der Waals surface area contributed by atoms with Gasteiger partial charge in [-0.25, -0.2) is 10.4 Å². The number of carbonyl (C=O) groups is 1. The molecule has 1 aromatic carbocycles. The standard InChI is InChI=1S/C18H25N5O/c24-18(17-13-6-2-1-3-7-14(13)21-22-17)19-10-11-23-12-20-15-8-4-5-9-16(15)23/h4-5,8-9,12-14,17,21-22H,1-3,6-7,10-11H2,(H,19,24). The molecule has 3 atom stereocenters. The van der Waals surface area contributed by atoms with E-state index in [2.05, 4.69) is 31.8 Å². The Hall–Kier alpha value is -1.92. The summed E-state index contributed by atoms with van der Waals surface area (Å²) in [6.07, 6.45) is 7.93. The van der Waals surface area contributed by atoms with Crippen molar-refractivity contribution in [3.8, 4) is 0 Å². The van der Waals surface area contributed by atoms with E-state index in [1.54, 1.807) is 0 Å². The van der Waals surface area contributed by atoms with Crippen LogP contribution in [0.15, 0.2) is 30.6 Å². The molecule has 1 aliphatic carbocycles. The minimum Gasteiger partial charge on any atom is -0.353 e. The fraction of sp³-hybridized carbons (Fsp3) is 0.556. The highest BCUT2D eigenvalue weighted by Crippen LogP contribution is 2.29. The fourth-order valence-corrected chi connectivity index (χ4v) is 4.08. The first-order chi connectivity index (χ1) is 11.8. The van der Waals surface area contributed by atoms with Crippen molar-refractivity contribution in [2.45, 2.75) is 50.7 Å². The van der Waals surface area contributed by atoms with Gasteiger partial charge in [0.25, 0.3) is 0 Å². The van der Waals surface area contributed by atoms with Gasteiger partial charge in [-0.1, -0.05) is 31.4 Å². The SMILES string of the molecule is O=C(NCCn1cnc2ccccc21)C1NNC2CCCCCC21. The fourth-order valence-electron chi connectivity index (χ4n) is 4.08. The van der Waals surface area contributed by atoms with Crippen LogP contribution in [0.5, 0.6) is 0 Å². The van der Waals surface area contributed by atoms with Gasteiger partial charge < -0.3 is 9.88 Å². The number of imidazole rings is 1. The van der Waals surface area contributed by atoms with E-state index in [0.29, 0.717) is 18.5 Å². The van der Waals surface area contributed by atoms with Crippen molar-refractivity contribution in [2.75, 3.05) is 6.54 Å². The number of rotatable bonds is 4. The summed E-state index contributed by atoms with van der Waals surface area (Å²) in [7, 11) is 0. The second kappa shape index (κ2) is 6.91. The Morgan fingerprint density at radius 3 is 3.04 bits per heavy atom. The minimum atomic E-state index is -0.104. The maximum absolute atomic E-state index is 12.6. The van der Waals surface area contributed by atoms with E-state index < -0.39 is 0 Å². The second-order valence-electron chi connectivity index (χ2n) is 6.89. The molecule has 1 saturated carbocycles. The third-order valence-corrected chi connectivity index (χ3v) is 5.38. The van der Waals surface area contributed by atoms with Crippen molar-refractivity contribution in [1.82, 2.24) is 25.7 Å². The lowest BCUT2D eigenvalue weighted by Crippen LogP contribution is -2.46. The third-order valence-electron chi connectivity index (χ3n) is 5.38. The highest BCUT2D eigenvalue weighted by Gasteiger charge is 2.39. The van der Waals surface area contributed by atoms with Gasteiger partial charge >= 0.3 is 0 Å². The molecule has 1 saturated heterocycles. The first kappa shape index (κ1) is 15.6. The first-order valence-corrected chi connectivity index (χ1v) is 9.01. The lowest BCUT2D eigenvalue weighted by Gasteiger charge is -2.20. The first-order valence-electron chi connectivity index (χ1n) is 9.01. The van der Waals surface area contributed by atoms with Crippen LogP contribution in [0.1, 0.15) is 32.1 Å². The zero-order valence-corrected chi connectivity index (χ0v) is 13.9. The molecule has 4 rings (SSSR count). The molecule has 2 aromatic rings. The summed E-state index contributed by atoms with van der Waals surface area (Å²) in [6.45, 7) is 1.36. The molecular weight excluding hydrogens is 302 g/mol. The number of amides is 1. The molecule has 2 fully saturated rings. The van der Waals surface area contributed by atoms with E-state index in [0.717, 1.165) is 24.0 Å². The van der Waals surface area contributed by atoms with Gasteiger partial charge in [0.1, 0.15) is 6.04 Å². The molecule has 3 N–H and O–H groups in total. The average Bonchev–Trinajstić information content (AvgIpc) is 3.12. The smallest absolute Gasteiger partial charge is 0.238 e. The number of hydrogen-bond acceptors (Lipinski definition) is 4. The summed E-state index contributed by atoms with van der Waals surface area (Å²) in [5, 5.41) is 3.09. The van der Waals surface area contributed by atoms with Gasteiger partial charge in [-0.3, -0.25) is 10.2 Å². The van der Waals surface area contributed by atoms with E-state index in [1.165, 1.54) is 25.7 Å². The third kappa shape index (κ3) is 3.03. The Balaban J connectivity index is 1.33. The number of nitrogens with zero attached hydrogens (tertiary/aromatic N) is 2. The van der Waals surface area contributed by atoms with Crippen molar-refractivity contribution in [1.29, 1.82) is 0 Å². The van der Waals surface area contributed by atoms with Crippen LogP contribution in [0.3, 0.4) is 0 Å². The number of benzene rings is 1. The number of para-hydroxylation sites is 2. The molecule has 0 radical (unpaired) electrons. The molecule has 6 heteroatoms. The summed E-state index contributed by atoms with van der Waals surface area (Å²) >= 11 is 0. The topological polar surface area (TPSA) is 71.0 Å². The highest BCUT2D eigenvalue weighted by atomic mass is 16.2. The summed E-state index contributed by atoms with van der Waals surface area (Å²) in [6, 6.07) is 8.41. The van der Waals surface area contributed by atoms with Crippen LogP contribution in [0.4, 0.5) is 0 Å². The van der Waals surface area contributed by atoms with Crippen LogP contribution >= 0.6 is 0 Å². The molecule has 1 amide bonds. The van der Waals surface area contributed by atoms with E-state index in [4.69, 9.17) is 0 Å². The van der Waals surface area contributed by atoms with Crippen LogP contribution in [0.2, 0.25) is 0 Å². The van der Waals surface area contributed by atoms with Crippen LogP contribution in [0.25, 0.3) is 11.0 Å². The number of hydrazine groups is 1. The van der Waals surface area contributed by atoms with Gasteiger partial charge in [0.05, 0.1) is 17.4 Å². The molecule has 0 bridgehead atoms. The summed E-state index contributed by atoms with van der Waals surface area (Å²) in [5.41, 5.74) is 8.65. The Bertz CT molecular complexity index is 712. The van der Waals surface area contributed by atoms with E-state index in [9.17, 15) is 4.79 Å². The normalized spacial score (nSPS) is 26.9.